The Morgan fingerprint density at radius 1 is 1.11 bits per heavy atom. The van der Waals surface area contributed by atoms with E-state index in [1.165, 1.54) is 4.68 Å². The van der Waals surface area contributed by atoms with Gasteiger partial charge in [0.1, 0.15) is 18.2 Å². The summed E-state index contributed by atoms with van der Waals surface area (Å²) in [6.07, 6.45) is 0. The Morgan fingerprint density at radius 3 is 2.57 bits per heavy atom. The zero-order valence-corrected chi connectivity index (χ0v) is 16.1. The first-order chi connectivity index (χ1) is 13.3. The van der Waals surface area contributed by atoms with E-state index in [0.717, 1.165) is 16.6 Å². The van der Waals surface area contributed by atoms with Gasteiger partial charge in [-0.05, 0) is 47.1 Å². The second kappa shape index (κ2) is 8.26. The summed E-state index contributed by atoms with van der Waals surface area (Å²) in [6, 6.07) is 9.89. The smallest absolute Gasteiger partial charge is 0.278 e. The molecule has 0 aliphatic carbocycles. The van der Waals surface area contributed by atoms with E-state index >= 15 is 0 Å². The van der Waals surface area contributed by atoms with Crippen LogP contribution in [0.15, 0.2) is 46.9 Å². The van der Waals surface area contributed by atoms with Crippen LogP contribution in [0, 0.1) is 18.6 Å². The summed E-state index contributed by atoms with van der Waals surface area (Å²) in [4.78, 5) is 24.5. The molecule has 144 valence electrons. The Bertz CT molecular complexity index is 1050. The number of carbonyl (C=O) groups is 2. The number of hydrogen-bond acceptors (Lipinski definition) is 4. The van der Waals surface area contributed by atoms with Crippen LogP contribution in [-0.2, 0) is 11.3 Å². The fourth-order valence-electron chi connectivity index (χ4n) is 2.38. The Hall–Kier alpha value is -3.14. The van der Waals surface area contributed by atoms with Crippen LogP contribution in [-0.4, -0.2) is 26.8 Å². The zero-order chi connectivity index (χ0) is 20.3. The summed E-state index contributed by atoms with van der Waals surface area (Å²) >= 11 is 3.33. The highest BCUT2D eigenvalue weighted by atomic mass is 79.9. The average Bonchev–Trinajstić information content (AvgIpc) is 3.00. The van der Waals surface area contributed by atoms with Crippen LogP contribution >= 0.6 is 15.9 Å². The third kappa shape index (κ3) is 4.39. The lowest BCUT2D eigenvalue weighted by Crippen LogP contribution is -2.21. The minimum atomic E-state index is -0.911. The van der Waals surface area contributed by atoms with Crippen LogP contribution in [0.2, 0.25) is 0 Å². The lowest BCUT2D eigenvalue weighted by molar-refractivity contribution is -0.117. The van der Waals surface area contributed by atoms with Crippen molar-refractivity contribution in [3.05, 3.63) is 70.0 Å². The molecule has 7 nitrogen and oxygen atoms in total. The molecule has 0 saturated heterocycles. The fraction of sp³-hybridized carbons (Fsp3) is 0.111. The molecule has 0 aliphatic heterocycles. The van der Waals surface area contributed by atoms with E-state index in [-0.39, 0.29) is 23.8 Å². The molecule has 28 heavy (non-hydrogen) atoms. The molecular weight excluding hydrogens is 436 g/mol. The van der Waals surface area contributed by atoms with Gasteiger partial charge in [0.15, 0.2) is 5.69 Å². The molecule has 0 spiro atoms. The average molecular weight is 450 g/mol. The van der Waals surface area contributed by atoms with Gasteiger partial charge in [0.25, 0.3) is 5.91 Å². The lowest BCUT2D eigenvalue weighted by atomic mass is 10.2. The normalized spacial score (nSPS) is 10.6. The number of benzene rings is 2. The molecule has 2 aromatic carbocycles. The molecule has 0 aliphatic rings. The molecule has 1 heterocycles. The molecule has 0 bridgehead atoms. The van der Waals surface area contributed by atoms with Crippen molar-refractivity contribution >= 4 is 39.1 Å². The predicted molar refractivity (Wildman–Crippen MR) is 102 cm³/mol. The Labute approximate surface area is 166 Å². The third-order valence-corrected chi connectivity index (χ3v) is 4.51. The fourth-order valence-corrected chi connectivity index (χ4v) is 2.76. The van der Waals surface area contributed by atoms with Gasteiger partial charge in [-0.15, -0.1) is 5.10 Å². The number of para-hydroxylation sites is 1. The molecule has 10 heteroatoms. The first-order valence-electron chi connectivity index (χ1n) is 8.06. The molecule has 0 radical (unpaired) electrons. The standard InChI is InChI=1S/C18H14BrF2N5O2/c1-10-17(18(28)23-15-7-6-11(20)8-13(15)21)24-25-26(10)9-16(27)22-14-5-3-2-4-12(14)19/h2-8H,9H2,1H3,(H,22,27)(H,23,28). The summed E-state index contributed by atoms with van der Waals surface area (Å²) < 4.78 is 28.6. The number of rotatable bonds is 5. The van der Waals surface area contributed by atoms with Gasteiger partial charge in [-0.1, -0.05) is 17.3 Å². The molecule has 2 amide bonds. The SMILES string of the molecule is Cc1c(C(=O)Nc2ccc(F)cc2F)nnn1CC(=O)Nc1ccccc1Br. The first-order valence-corrected chi connectivity index (χ1v) is 8.85. The van der Waals surface area contributed by atoms with Crippen molar-refractivity contribution < 1.29 is 18.4 Å². The van der Waals surface area contributed by atoms with Crippen molar-refractivity contribution in [3.8, 4) is 0 Å². The Kier molecular flexibility index (Phi) is 5.78. The van der Waals surface area contributed by atoms with E-state index < -0.39 is 17.5 Å². The maximum atomic E-state index is 13.7. The second-order valence-corrected chi connectivity index (χ2v) is 6.64. The van der Waals surface area contributed by atoms with Crippen molar-refractivity contribution in [2.24, 2.45) is 0 Å². The van der Waals surface area contributed by atoms with E-state index in [1.54, 1.807) is 25.1 Å². The van der Waals surface area contributed by atoms with Crippen molar-refractivity contribution in [3.63, 3.8) is 0 Å². The van der Waals surface area contributed by atoms with E-state index in [1.807, 2.05) is 6.07 Å². The highest BCUT2D eigenvalue weighted by Crippen LogP contribution is 2.21. The molecular formula is C18H14BrF2N5O2. The minimum Gasteiger partial charge on any atom is -0.323 e. The van der Waals surface area contributed by atoms with Crippen molar-refractivity contribution in [2.75, 3.05) is 10.6 Å². The number of nitrogens with zero attached hydrogens (tertiary/aromatic N) is 3. The number of amides is 2. The maximum Gasteiger partial charge on any atom is 0.278 e. The molecule has 1 aromatic heterocycles. The minimum absolute atomic E-state index is 0.0718. The van der Waals surface area contributed by atoms with Crippen LogP contribution in [0.3, 0.4) is 0 Å². The van der Waals surface area contributed by atoms with Crippen LogP contribution in [0.5, 0.6) is 0 Å². The topological polar surface area (TPSA) is 88.9 Å². The summed E-state index contributed by atoms with van der Waals surface area (Å²) in [5.41, 5.74) is 0.654. The molecule has 3 aromatic rings. The Morgan fingerprint density at radius 2 is 1.86 bits per heavy atom. The summed E-state index contributed by atoms with van der Waals surface area (Å²) in [6.45, 7) is 1.39. The third-order valence-electron chi connectivity index (χ3n) is 3.82. The van der Waals surface area contributed by atoms with Crippen LogP contribution < -0.4 is 10.6 Å². The largest absolute Gasteiger partial charge is 0.323 e. The van der Waals surface area contributed by atoms with Crippen molar-refractivity contribution in [1.82, 2.24) is 15.0 Å². The quantitative estimate of drug-likeness (QED) is 0.623. The molecule has 2 N–H and O–H groups in total. The number of aromatic nitrogens is 3. The van der Waals surface area contributed by atoms with Gasteiger partial charge in [0, 0.05) is 10.5 Å². The maximum absolute atomic E-state index is 13.7. The zero-order valence-electron chi connectivity index (χ0n) is 14.5. The van der Waals surface area contributed by atoms with Gasteiger partial charge < -0.3 is 10.6 Å². The number of halogens is 3. The van der Waals surface area contributed by atoms with E-state index in [0.29, 0.717) is 17.4 Å². The monoisotopic (exact) mass is 449 g/mol. The van der Waals surface area contributed by atoms with Gasteiger partial charge >= 0.3 is 0 Å². The first kappa shape index (κ1) is 19.6. The molecule has 0 unspecified atom stereocenters. The Balaban J connectivity index is 1.70. The molecule has 3 rings (SSSR count). The summed E-state index contributed by atoms with van der Waals surface area (Å²) in [5, 5.41) is 12.6. The molecule has 0 atom stereocenters. The predicted octanol–water partition coefficient (Wildman–Crippen LogP) is 3.52. The van der Waals surface area contributed by atoms with Gasteiger partial charge in [0.2, 0.25) is 5.91 Å². The van der Waals surface area contributed by atoms with Crippen LogP contribution in [0.25, 0.3) is 0 Å². The van der Waals surface area contributed by atoms with Crippen molar-refractivity contribution in [1.29, 1.82) is 0 Å². The number of carbonyl (C=O) groups excluding carboxylic acids is 2. The van der Waals surface area contributed by atoms with E-state index in [4.69, 9.17) is 0 Å². The van der Waals surface area contributed by atoms with Gasteiger partial charge in [-0.25, -0.2) is 13.5 Å². The van der Waals surface area contributed by atoms with Crippen LogP contribution in [0.4, 0.5) is 20.2 Å². The molecule has 0 saturated carbocycles. The summed E-state index contributed by atoms with van der Waals surface area (Å²) in [7, 11) is 0. The lowest BCUT2D eigenvalue weighted by Gasteiger charge is -2.08. The highest BCUT2D eigenvalue weighted by molar-refractivity contribution is 9.10. The van der Waals surface area contributed by atoms with E-state index in [2.05, 4.69) is 36.9 Å². The highest BCUT2D eigenvalue weighted by Gasteiger charge is 2.19. The number of nitrogens with one attached hydrogen (secondary N) is 2. The second-order valence-electron chi connectivity index (χ2n) is 5.79. The van der Waals surface area contributed by atoms with E-state index in [9.17, 15) is 18.4 Å². The van der Waals surface area contributed by atoms with Crippen LogP contribution in [0.1, 0.15) is 16.2 Å². The van der Waals surface area contributed by atoms with Gasteiger partial charge in [-0.2, -0.15) is 0 Å². The van der Waals surface area contributed by atoms with Crippen molar-refractivity contribution in [2.45, 2.75) is 13.5 Å². The van der Waals surface area contributed by atoms with Gasteiger partial charge in [0.05, 0.1) is 17.1 Å². The number of hydrogen-bond donors (Lipinski definition) is 2. The number of anilines is 2. The molecule has 0 fully saturated rings. The van der Waals surface area contributed by atoms with Gasteiger partial charge in [-0.3, -0.25) is 9.59 Å². The summed E-state index contributed by atoms with van der Waals surface area (Å²) in [5.74, 6) is -2.75.